The summed E-state index contributed by atoms with van der Waals surface area (Å²) in [5.41, 5.74) is 9.20. The molecular formula is C10H12N4O2. The van der Waals surface area contributed by atoms with Crippen LogP contribution in [0.1, 0.15) is 12.0 Å². The minimum atomic E-state index is 0.110. The topological polar surface area (TPSA) is 82.2 Å². The summed E-state index contributed by atoms with van der Waals surface area (Å²) in [6.45, 7) is 1.62. The predicted octanol–water partition coefficient (Wildman–Crippen LogP) is 1.94. The Kier molecular flexibility index (Phi) is 3.12. The number of azide groups is 1. The molecule has 1 aliphatic heterocycles. The van der Waals surface area contributed by atoms with Gasteiger partial charge in [0, 0.05) is 36.5 Å². The van der Waals surface area contributed by atoms with Crippen molar-refractivity contribution >= 4 is 5.91 Å². The van der Waals surface area contributed by atoms with Gasteiger partial charge in [0.25, 0.3) is 0 Å². The molecule has 0 saturated carbocycles. The van der Waals surface area contributed by atoms with Gasteiger partial charge in [0.1, 0.15) is 0 Å². The van der Waals surface area contributed by atoms with Crippen molar-refractivity contribution in [1.29, 1.82) is 0 Å². The lowest BCUT2D eigenvalue weighted by molar-refractivity contribution is -0.128. The Balaban J connectivity index is 1.92. The second-order valence-electron chi connectivity index (χ2n) is 3.89. The van der Waals surface area contributed by atoms with Crippen molar-refractivity contribution in [1.82, 2.24) is 4.90 Å². The van der Waals surface area contributed by atoms with Crippen LogP contribution >= 0.6 is 0 Å². The van der Waals surface area contributed by atoms with Gasteiger partial charge in [-0.25, -0.2) is 0 Å². The van der Waals surface area contributed by atoms with E-state index in [1.807, 2.05) is 6.07 Å². The van der Waals surface area contributed by atoms with E-state index in [0.29, 0.717) is 26.1 Å². The Morgan fingerprint density at radius 3 is 3.25 bits per heavy atom. The van der Waals surface area contributed by atoms with Crippen LogP contribution in [0, 0.1) is 5.92 Å². The van der Waals surface area contributed by atoms with Gasteiger partial charge >= 0.3 is 0 Å². The molecule has 2 rings (SSSR count). The molecule has 16 heavy (non-hydrogen) atoms. The van der Waals surface area contributed by atoms with Crippen molar-refractivity contribution in [3.8, 4) is 0 Å². The average molecular weight is 220 g/mol. The van der Waals surface area contributed by atoms with Gasteiger partial charge < -0.3 is 9.32 Å². The normalized spacial score (nSPS) is 19.9. The predicted molar refractivity (Wildman–Crippen MR) is 56.2 cm³/mol. The van der Waals surface area contributed by atoms with Gasteiger partial charge in [-0.05, 0) is 17.5 Å². The van der Waals surface area contributed by atoms with Crippen molar-refractivity contribution in [3.63, 3.8) is 0 Å². The highest BCUT2D eigenvalue weighted by molar-refractivity contribution is 5.78. The van der Waals surface area contributed by atoms with Crippen LogP contribution in [-0.4, -0.2) is 23.9 Å². The SMILES string of the molecule is [N-]=[N+]=NCC1CC(=O)N(Cc2ccoc2)C1. The highest BCUT2D eigenvalue weighted by Gasteiger charge is 2.28. The average Bonchev–Trinajstić information content (AvgIpc) is 2.87. The quantitative estimate of drug-likeness (QED) is 0.441. The third-order valence-corrected chi connectivity index (χ3v) is 2.65. The highest BCUT2D eigenvalue weighted by atomic mass is 16.3. The van der Waals surface area contributed by atoms with E-state index in [1.165, 1.54) is 0 Å². The minimum absolute atomic E-state index is 0.110. The fourth-order valence-corrected chi connectivity index (χ4v) is 1.88. The smallest absolute Gasteiger partial charge is 0.223 e. The zero-order chi connectivity index (χ0) is 11.4. The molecule has 0 N–H and O–H groups in total. The standard InChI is InChI=1S/C10H12N4O2/c11-13-12-4-9-3-10(15)14(6-9)5-8-1-2-16-7-8/h1-2,7,9H,3-6H2. The van der Waals surface area contributed by atoms with Gasteiger partial charge in [-0.15, -0.1) is 0 Å². The third-order valence-electron chi connectivity index (χ3n) is 2.65. The molecule has 1 aliphatic rings. The zero-order valence-electron chi connectivity index (χ0n) is 8.74. The molecule has 2 heterocycles. The second-order valence-corrected chi connectivity index (χ2v) is 3.89. The van der Waals surface area contributed by atoms with E-state index >= 15 is 0 Å². The first kappa shape index (κ1) is 10.6. The number of furan rings is 1. The summed E-state index contributed by atoms with van der Waals surface area (Å²) in [5.74, 6) is 0.259. The number of rotatable bonds is 4. The molecule has 0 spiro atoms. The molecular weight excluding hydrogens is 208 g/mol. The van der Waals surface area contributed by atoms with E-state index < -0.39 is 0 Å². The Bertz CT molecular complexity index is 408. The monoisotopic (exact) mass is 220 g/mol. The van der Waals surface area contributed by atoms with Crippen LogP contribution in [0.5, 0.6) is 0 Å². The van der Waals surface area contributed by atoms with Gasteiger partial charge in [0.15, 0.2) is 0 Å². The lowest BCUT2D eigenvalue weighted by atomic mass is 10.1. The number of amides is 1. The first-order valence-corrected chi connectivity index (χ1v) is 5.09. The number of likely N-dealkylation sites (tertiary alicyclic amines) is 1. The lowest BCUT2D eigenvalue weighted by Gasteiger charge is -2.14. The van der Waals surface area contributed by atoms with Crippen LogP contribution in [0.25, 0.3) is 10.4 Å². The van der Waals surface area contributed by atoms with Crippen molar-refractivity contribution in [3.05, 3.63) is 34.6 Å². The van der Waals surface area contributed by atoms with E-state index in [1.54, 1.807) is 17.4 Å². The number of carbonyl (C=O) groups excluding carboxylic acids is 1. The molecule has 0 bridgehead atoms. The summed E-state index contributed by atoms with van der Waals surface area (Å²) in [5, 5.41) is 3.50. The van der Waals surface area contributed by atoms with E-state index in [4.69, 9.17) is 9.95 Å². The molecule has 1 amide bonds. The number of carbonyl (C=O) groups is 1. The van der Waals surface area contributed by atoms with Crippen molar-refractivity contribution in [2.45, 2.75) is 13.0 Å². The summed E-state index contributed by atoms with van der Waals surface area (Å²) in [4.78, 5) is 16.1. The summed E-state index contributed by atoms with van der Waals surface area (Å²) in [6, 6.07) is 1.84. The van der Waals surface area contributed by atoms with E-state index in [9.17, 15) is 4.79 Å². The molecule has 84 valence electrons. The van der Waals surface area contributed by atoms with E-state index in [2.05, 4.69) is 10.0 Å². The van der Waals surface area contributed by atoms with Gasteiger partial charge in [-0.3, -0.25) is 4.79 Å². The molecule has 1 aromatic rings. The van der Waals surface area contributed by atoms with E-state index in [-0.39, 0.29) is 11.8 Å². The summed E-state index contributed by atoms with van der Waals surface area (Å²) < 4.78 is 4.95. The van der Waals surface area contributed by atoms with Gasteiger partial charge in [0.2, 0.25) is 5.91 Å². The summed E-state index contributed by atoms with van der Waals surface area (Å²) in [7, 11) is 0. The summed E-state index contributed by atoms with van der Waals surface area (Å²) in [6.07, 6.45) is 3.69. The molecule has 0 aliphatic carbocycles. The molecule has 6 nitrogen and oxygen atoms in total. The second kappa shape index (κ2) is 4.72. The fourth-order valence-electron chi connectivity index (χ4n) is 1.88. The molecule has 1 aromatic heterocycles. The van der Waals surface area contributed by atoms with Gasteiger partial charge in [-0.2, -0.15) is 0 Å². The lowest BCUT2D eigenvalue weighted by Crippen LogP contribution is -2.24. The highest BCUT2D eigenvalue weighted by Crippen LogP contribution is 2.20. The molecule has 6 heteroatoms. The van der Waals surface area contributed by atoms with Crippen LogP contribution < -0.4 is 0 Å². The van der Waals surface area contributed by atoms with Crippen molar-refractivity contribution in [2.24, 2.45) is 11.0 Å². The maximum atomic E-state index is 11.6. The van der Waals surface area contributed by atoms with Crippen LogP contribution in [0.3, 0.4) is 0 Å². The zero-order valence-corrected chi connectivity index (χ0v) is 8.74. The Morgan fingerprint density at radius 1 is 1.69 bits per heavy atom. The molecule has 0 aromatic carbocycles. The first-order valence-electron chi connectivity index (χ1n) is 5.09. The van der Waals surface area contributed by atoms with Gasteiger partial charge in [0.05, 0.1) is 12.5 Å². The first-order chi connectivity index (χ1) is 7.79. The Hall–Kier alpha value is -1.94. The molecule has 1 fully saturated rings. The maximum Gasteiger partial charge on any atom is 0.223 e. The largest absolute Gasteiger partial charge is 0.472 e. The van der Waals surface area contributed by atoms with Crippen LogP contribution in [0.15, 0.2) is 28.1 Å². The number of nitrogens with zero attached hydrogens (tertiary/aromatic N) is 4. The van der Waals surface area contributed by atoms with Crippen LogP contribution in [-0.2, 0) is 11.3 Å². The van der Waals surface area contributed by atoms with Gasteiger partial charge in [-0.1, -0.05) is 5.11 Å². The number of hydrogen-bond donors (Lipinski definition) is 0. The Labute approximate surface area is 92.5 Å². The molecule has 0 radical (unpaired) electrons. The van der Waals surface area contributed by atoms with Crippen LogP contribution in [0.2, 0.25) is 0 Å². The minimum Gasteiger partial charge on any atom is -0.472 e. The summed E-state index contributed by atoms with van der Waals surface area (Å²) >= 11 is 0. The molecule has 1 saturated heterocycles. The fraction of sp³-hybridized carbons (Fsp3) is 0.500. The Morgan fingerprint density at radius 2 is 2.56 bits per heavy atom. The van der Waals surface area contributed by atoms with Crippen molar-refractivity contribution in [2.75, 3.05) is 13.1 Å². The third kappa shape index (κ3) is 2.35. The number of hydrogen-bond acceptors (Lipinski definition) is 3. The molecule has 1 atom stereocenters. The molecule has 1 unspecified atom stereocenters. The maximum absolute atomic E-state index is 11.6. The van der Waals surface area contributed by atoms with Crippen LogP contribution in [0.4, 0.5) is 0 Å². The van der Waals surface area contributed by atoms with E-state index in [0.717, 1.165) is 5.56 Å². The van der Waals surface area contributed by atoms with Crippen molar-refractivity contribution < 1.29 is 9.21 Å².